The lowest BCUT2D eigenvalue weighted by Crippen LogP contribution is -2.44. The van der Waals surface area contributed by atoms with E-state index in [9.17, 15) is 0 Å². The second-order valence-electron chi connectivity index (χ2n) is 6.82. The molecule has 0 N–H and O–H groups in total. The molecule has 1 fully saturated rings. The van der Waals surface area contributed by atoms with E-state index in [0.717, 1.165) is 43.3 Å². The second kappa shape index (κ2) is 7.70. The van der Waals surface area contributed by atoms with Crippen molar-refractivity contribution in [2.45, 2.75) is 6.92 Å². The smallest absolute Gasteiger partial charge is 0.142 e. The number of nitrogens with zero attached hydrogens (tertiary/aromatic N) is 3. The standard InChI is InChI=1S/C23H25N3O/c1-18(20-11-7-9-19-8-3-4-10-21(19)20)24-26-16-14-25(15-17-26)22-12-5-6-13-23(22)27-2/h3-13H,14-17H2,1-2H3/b24-18+. The molecule has 3 aromatic rings. The number of piperazine rings is 1. The van der Waals surface area contributed by atoms with Crippen LogP contribution in [-0.2, 0) is 0 Å². The molecule has 1 heterocycles. The van der Waals surface area contributed by atoms with Crippen LogP contribution in [0.1, 0.15) is 12.5 Å². The highest BCUT2D eigenvalue weighted by molar-refractivity contribution is 6.09. The topological polar surface area (TPSA) is 28.1 Å². The third-order valence-corrected chi connectivity index (χ3v) is 5.15. The number of benzene rings is 3. The number of hydrazone groups is 1. The van der Waals surface area contributed by atoms with E-state index in [1.165, 1.54) is 16.3 Å². The van der Waals surface area contributed by atoms with Gasteiger partial charge in [0.1, 0.15) is 5.75 Å². The quantitative estimate of drug-likeness (QED) is 0.647. The first kappa shape index (κ1) is 17.4. The van der Waals surface area contributed by atoms with Crippen molar-refractivity contribution >= 4 is 22.2 Å². The SMILES string of the molecule is COc1ccccc1N1CCN(/N=C(\C)c2cccc3ccccc23)CC1. The monoisotopic (exact) mass is 359 g/mol. The van der Waals surface area contributed by atoms with Gasteiger partial charge in [0, 0.05) is 18.7 Å². The first-order chi connectivity index (χ1) is 13.3. The molecule has 4 nitrogen and oxygen atoms in total. The number of rotatable bonds is 4. The highest BCUT2D eigenvalue weighted by Gasteiger charge is 2.19. The molecular weight excluding hydrogens is 334 g/mol. The third kappa shape index (κ3) is 3.61. The molecule has 4 rings (SSSR count). The van der Waals surface area contributed by atoms with Crippen LogP contribution in [0, 0.1) is 0 Å². The van der Waals surface area contributed by atoms with E-state index in [1.54, 1.807) is 7.11 Å². The van der Waals surface area contributed by atoms with E-state index in [-0.39, 0.29) is 0 Å². The molecule has 138 valence electrons. The fraction of sp³-hybridized carbons (Fsp3) is 0.261. The average Bonchev–Trinajstić information content (AvgIpc) is 2.74. The Morgan fingerprint density at radius 2 is 1.56 bits per heavy atom. The molecule has 27 heavy (non-hydrogen) atoms. The van der Waals surface area contributed by atoms with Crippen molar-refractivity contribution in [1.82, 2.24) is 5.01 Å². The molecular formula is C23H25N3O. The molecule has 0 aliphatic carbocycles. The molecule has 3 aromatic carbocycles. The fourth-order valence-corrected chi connectivity index (χ4v) is 3.73. The molecule has 0 atom stereocenters. The van der Waals surface area contributed by atoms with Gasteiger partial charge in [-0.15, -0.1) is 0 Å². The highest BCUT2D eigenvalue weighted by Crippen LogP contribution is 2.28. The van der Waals surface area contributed by atoms with Crippen molar-refractivity contribution < 1.29 is 4.74 Å². The molecule has 4 heteroatoms. The first-order valence-electron chi connectivity index (χ1n) is 9.42. The van der Waals surface area contributed by atoms with Crippen LogP contribution in [0.5, 0.6) is 5.75 Å². The lowest BCUT2D eigenvalue weighted by molar-refractivity contribution is 0.269. The Morgan fingerprint density at radius 3 is 2.37 bits per heavy atom. The van der Waals surface area contributed by atoms with Crippen molar-refractivity contribution in [1.29, 1.82) is 0 Å². The summed E-state index contributed by atoms with van der Waals surface area (Å²) in [5.74, 6) is 0.932. The van der Waals surface area contributed by atoms with Crippen molar-refractivity contribution in [3.05, 3.63) is 72.3 Å². The Labute approximate surface area is 160 Å². The minimum Gasteiger partial charge on any atom is -0.495 e. The minimum atomic E-state index is 0.903. The van der Waals surface area contributed by atoms with Crippen LogP contribution in [0.15, 0.2) is 71.8 Å². The number of anilines is 1. The largest absolute Gasteiger partial charge is 0.495 e. The Morgan fingerprint density at radius 1 is 0.852 bits per heavy atom. The van der Waals surface area contributed by atoms with Crippen LogP contribution in [-0.4, -0.2) is 44.0 Å². The molecule has 0 bridgehead atoms. The predicted molar refractivity (Wildman–Crippen MR) is 113 cm³/mol. The van der Waals surface area contributed by atoms with Crippen molar-refractivity contribution in [3.63, 3.8) is 0 Å². The molecule has 0 saturated carbocycles. The Kier molecular flexibility index (Phi) is 4.97. The summed E-state index contributed by atoms with van der Waals surface area (Å²) in [6, 6.07) is 23.1. The van der Waals surface area contributed by atoms with Gasteiger partial charge in [-0.25, -0.2) is 0 Å². The maximum Gasteiger partial charge on any atom is 0.142 e. The van der Waals surface area contributed by atoms with Gasteiger partial charge >= 0.3 is 0 Å². The summed E-state index contributed by atoms with van der Waals surface area (Å²) in [7, 11) is 1.73. The molecule has 0 radical (unpaired) electrons. The maximum absolute atomic E-state index is 5.51. The van der Waals surface area contributed by atoms with Crippen LogP contribution in [0.25, 0.3) is 10.8 Å². The number of hydrogen-bond acceptors (Lipinski definition) is 4. The summed E-state index contributed by atoms with van der Waals surface area (Å²) >= 11 is 0. The van der Waals surface area contributed by atoms with Gasteiger partial charge in [-0.1, -0.05) is 54.6 Å². The minimum absolute atomic E-state index is 0.903. The molecule has 1 aliphatic rings. The summed E-state index contributed by atoms with van der Waals surface area (Å²) < 4.78 is 5.51. The zero-order chi connectivity index (χ0) is 18.6. The number of hydrogen-bond donors (Lipinski definition) is 0. The van der Waals surface area contributed by atoms with Crippen LogP contribution in [0.2, 0.25) is 0 Å². The first-order valence-corrected chi connectivity index (χ1v) is 9.42. The average molecular weight is 359 g/mol. The van der Waals surface area contributed by atoms with Gasteiger partial charge in [-0.2, -0.15) is 5.10 Å². The zero-order valence-electron chi connectivity index (χ0n) is 15.9. The predicted octanol–water partition coefficient (Wildman–Crippen LogP) is 4.39. The van der Waals surface area contributed by atoms with E-state index in [2.05, 4.69) is 71.4 Å². The van der Waals surface area contributed by atoms with Gasteiger partial charge in [0.05, 0.1) is 31.6 Å². The van der Waals surface area contributed by atoms with E-state index in [1.807, 2.05) is 12.1 Å². The van der Waals surface area contributed by atoms with Crippen LogP contribution >= 0.6 is 0 Å². The Bertz CT molecular complexity index is 953. The number of para-hydroxylation sites is 2. The fourth-order valence-electron chi connectivity index (χ4n) is 3.73. The van der Waals surface area contributed by atoms with Crippen molar-refractivity contribution in [2.24, 2.45) is 5.10 Å². The molecule has 0 amide bonds. The number of ether oxygens (including phenoxy) is 1. The molecule has 1 aliphatic heterocycles. The normalized spacial score (nSPS) is 15.3. The van der Waals surface area contributed by atoms with Crippen molar-refractivity contribution in [3.8, 4) is 5.75 Å². The molecule has 0 aromatic heterocycles. The van der Waals surface area contributed by atoms with Crippen LogP contribution in [0.4, 0.5) is 5.69 Å². The van der Waals surface area contributed by atoms with Gasteiger partial charge < -0.3 is 9.64 Å². The highest BCUT2D eigenvalue weighted by atomic mass is 16.5. The lowest BCUT2D eigenvalue weighted by Gasteiger charge is -2.35. The summed E-state index contributed by atoms with van der Waals surface area (Å²) in [5.41, 5.74) is 3.44. The Hall–Kier alpha value is -3.01. The van der Waals surface area contributed by atoms with E-state index in [0.29, 0.717) is 0 Å². The maximum atomic E-state index is 5.51. The van der Waals surface area contributed by atoms with Gasteiger partial charge in [-0.05, 0) is 29.8 Å². The van der Waals surface area contributed by atoms with Crippen LogP contribution < -0.4 is 9.64 Å². The molecule has 1 saturated heterocycles. The van der Waals surface area contributed by atoms with E-state index < -0.39 is 0 Å². The van der Waals surface area contributed by atoms with Crippen molar-refractivity contribution in [2.75, 3.05) is 38.2 Å². The molecule has 0 spiro atoms. The van der Waals surface area contributed by atoms with Gasteiger partial charge in [0.2, 0.25) is 0 Å². The number of fused-ring (bicyclic) bond motifs is 1. The summed E-state index contributed by atoms with van der Waals surface area (Å²) in [6.45, 7) is 5.79. The Balaban J connectivity index is 1.50. The summed E-state index contributed by atoms with van der Waals surface area (Å²) in [6.07, 6.45) is 0. The van der Waals surface area contributed by atoms with E-state index >= 15 is 0 Å². The second-order valence-corrected chi connectivity index (χ2v) is 6.82. The summed E-state index contributed by atoms with van der Waals surface area (Å²) in [4.78, 5) is 2.37. The summed E-state index contributed by atoms with van der Waals surface area (Å²) in [5, 5.41) is 9.62. The van der Waals surface area contributed by atoms with Gasteiger partial charge in [-0.3, -0.25) is 5.01 Å². The zero-order valence-corrected chi connectivity index (χ0v) is 15.9. The third-order valence-electron chi connectivity index (χ3n) is 5.15. The van der Waals surface area contributed by atoms with E-state index in [4.69, 9.17) is 9.84 Å². The van der Waals surface area contributed by atoms with Gasteiger partial charge in [0.15, 0.2) is 0 Å². The molecule has 0 unspecified atom stereocenters. The van der Waals surface area contributed by atoms with Crippen LogP contribution in [0.3, 0.4) is 0 Å². The number of methoxy groups -OCH3 is 1. The lowest BCUT2D eigenvalue weighted by atomic mass is 10.0. The van der Waals surface area contributed by atoms with Gasteiger partial charge in [0.25, 0.3) is 0 Å².